The SMILES string of the molecule is Cc1nn(-c2ccccc2)c2c1[C@@]1(C(=O)N(CN3CCOCC3)c3ccccc31)C(C#N)=C(N)O2. The van der Waals surface area contributed by atoms with E-state index in [1.165, 1.54) is 0 Å². The van der Waals surface area contributed by atoms with Crippen LogP contribution in [0.5, 0.6) is 5.88 Å². The van der Waals surface area contributed by atoms with Crippen molar-refractivity contribution in [2.45, 2.75) is 12.3 Å². The normalized spacial score (nSPS) is 21.6. The first-order chi connectivity index (χ1) is 17.1. The number of carbonyl (C=O) groups excluding carboxylic acids is 1. The predicted octanol–water partition coefficient (Wildman–Crippen LogP) is 2.19. The Balaban J connectivity index is 1.60. The Morgan fingerprint density at radius 2 is 1.83 bits per heavy atom. The van der Waals surface area contributed by atoms with Crippen LogP contribution in [0.2, 0.25) is 0 Å². The Labute approximate surface area is 202 Å². The van der Waals surface area contributed by atoms with Crippen LogP contribution in [0.3, 0.4) is 0 Å². The molecule has 0 unspecified atom stereocenters. The first kappa shape index (κ1) is 21.4. The lowest BCUT2D eigenvalue weighted by atomic mass is 9.69. The Morgan fingerprint density at radius 3 is 2.57 bits per heavy atom. The van der Waals surface area contributed by atoms with Gasteiger partial charge in [0, 0.05) is 18.7 Å². The summed E-state index contributed by atoms with van der Waals surface area (Å²) in [4.78, 5) is 18.5. The summed E-state index contributed by atoms with van der Waals surface area (Å²) >= 11 is 0. The van der Waals surface area contributed by atoms with E-state index in [4.69, 9.17) is 20.3 Å². The maximum Gasteiger partial charge on any atom is 0.249 e. The topological polar surface area (TPSA) is 110 Å². The monoisotopic (exact) mass is 468 g/mol. The number of nitrogens with zero attached hydrogens (tertiary/aromatic N) is 5. The minimum atomic E-state index is -1.44. The number of nitrogens with two attached hydrogens (primary N) is 1. The van der Waals surface area contributed by atoms with Gasteiger partial charge >= 0.3 is 0 Å². The van der Waals surface area contributed by atoms with E-state index in [2.05, 4.69) is 11.0 Å². The molecule has 0 radical (unpaired) electrons. The number of para-hydroxylation sites is 2. The highest BCUT2D eigenvalue weighted by atomic mass is 16.5. The minimum absolute atomic E-state index is 0.0858. The summed E-state index contributed by atoms with van der Waals surface area (Å²) in [6.45, 7) is 4.91. The molecule has 0 saturated carbocycles. The van der Waals surface area contributed by atoms with Crippen LogP contribution in [0.15, 0.2) is 66.1 Å². The van der Waals surface area contributed by atoms with E-state index in [0.717, 1.165) is 24.5 Å². The summed E-state index contributed by atoms with van der Waals surface area (Å²) in [5.74, 6) is 0.0278. The van der Waals surface area contributed by atoms with Crippen LogP contribution in [0.25, 0.3) is 5.69 Å². The summed E-state index contributed by atoms with van der Waals surface area (Å²) < 4.78 is 13.1. The van der Waals surface area contributed by atoms with Gasteiger partial charge in [-0.25, -0.2) is 4.68 Å². The maximum absolute atomic E-state index is 14.5. The van der Waals surface area contributed by atoms with Crippen molar-refractivity contribution >= 4 is 11.6 Å². The molecule has 1 spiro atoms. The van der Waals surface area contributed by atoms with Crippen molar-refractivity contribution in [3.05, 3.63) is 82.9 Å². The van der Waals surface area contributed by atoms with Gasteiger partial charge in [0.25, 0.3) is 0 Å². The zero-order valence-electron chi connectivity index (χ0n) is 19.3. The number of benzene rings is 2. The number of hydrogen-bond acceptors (Lipinski definition) is 7. The zero-order valence-corrected chi connectivity index (χ0v) is 19.3. The average Bonchev–Trinajstić information content (AvgIpc) is 3.34. The van der Waals surface area contributed by atoms with E-state index in [1.54, 1.807) is 9.58 Å². The summed E-state index contributed by atoms with van der Waals surface area (Å²) in [6, 6.07) is 19.3. The molecule has 6 rings (SSSR count). The van der Waals surface area contributed by atoms with Crippen LogP contribution in [-0.4, -0.2) is 53.6 Å². The van der Waals surface area contributed by atoms with Crippen molar-refractivity contribution in [2.75, 3.05) is 37.9 Å². The molecule has 2 N–H and O–H groups in total. The molecule has 1 saturated heterocycles. The Morgan fingerprint density at radius 1 is 1.11 bits per heavy atom. The standard InChI is InChI=1S/C26H24N6O3/c1-17-22-24(32(29-17)18-7-3-2-4-8-18)35-23(28)20(15-27)26(22)19-9-5-6-10-21(19)31(25(26)33)16-30-11-13-34-14-12-30/h2-10H,11-14,16,28H2,1H3/t26-/m0/s1. The highest BCUT2D eigenvalue weighted by Gasteiger charge is 2.61. The number of aryl methyl sites for hydroxylation is 1. The van der Waals surface area contributed by atoms with Crippen molar-refractivity contribution in [2.24, 2.45) is 5.73 Å². The molecule has 35 heavy (non-hydrogen) atoms. The Kier molecular flexibility index (Phi) is 4.88. The smallest absolute Gasteiger partial charge is 0.249 e. The molecule has 9 nitrogen and oxygen atoms in total. The van der Waals surface area contributed by atoms with Gasteiger partial charge in [0.1, 0.15) is 17.1 Å². The van der Waals surface area contributed by atoms with Crippen molar-refractivity contribution in [1.82, 2.24) is 14.7 Å². The molecule has 3 aliphatic rings. The molecule has 2 aromatic carbocycles. The second kappa shape index (κ2) is 7.98. The zero-order chi connectivity index (χ0) is 24.2. The first-order valence-electron chi connectivity index (χ1n) is 11.5. The lowest BCUT2D eigenvalue weighted by Gasteiger charge is -2.34. The molecule has 1 atom stereocenters. The van der Waals surface area contributed by atoms with E-state index in [-0.39, 0.29) is 17.4 Å². The van der Waals surface area contributed by atoms with E-state index < -0.39 is 5.41 Å². The van der Waals surface area contributed by atoms with Gasteiger partial charge in [0.05, 0.1) is 42.5 Å². The number of fused-ring (bicyclic) bond motifs is 4. The molecule has 0 bridgehead atoms. The highest BCUT2D eigenvalue weighted by molar-refractivity contribution is 6.14. The van der Waals surface area contributed by atoms with Gasteiger partial charge in [-0.2, -0.15) is 10.4 Å². The van der Waals surface area contributed by atoms with Crippen molar-refractivity contribution in [3.8, 4) is 17.6 Å². The lowest BCUT2D eigenvalue weighted by molar-refractivity contribution is -0.121. The molecular formula is C26H24N6O3. The Bertz CT molecular complexity index is 1400. The van der Waals surface area contributed by atoms with E-state index >= 15 is 0 Å². The molecule has 3 aromatic rings. The fraction of sp³-hybridized carbons (Fsp3) is 0.269. The molecule has 176 valence electrons. The third-order valence-electron chi connectivity index (χ3n) is 6.94. The molecular weight excluding hydrogens is 444 g/mol. The summed E-state index contributed by atoms with van der Waals surface area (Å²) in [7, 11) is 0. The van der Waals surface area contributed by atoms with Crippen LogP contribution < -0.4 is 15.4 Å². The number of carbonyl (C=O) groups is 1. The van der Waals surface area contributed by atoms with E-state index in [1.807, 2.05) is 61.5 Å². The number of amides is 1. The second-order valence-corrected chi connectivity index (χ2v) is 8.84. The molecule has 9 heteroatoms. The number of anilines is 1. The number of hydrogen-bond donors (Lipinski definition) is 1. The predicted molar refractivity (Wildman–Crippen MR) is 128 cm³/mol. The third-order valence-corrected chi connectivity index (χ3v) is 6.94. The fourth-order valence-electron chi connectivity index (χ4n) is 5.40. The van der Waals surface area contributed by atoms with Crippen LogP contribution in [0.1, 0.15) is 16.8 Å². The summed E-state index contributed by atoms with van der Waals surface area (Å²) in [5.41, 5.74) is 8.38. The van der Waals surface area contributed by atoms with Gasteiger partial charge in [-0.3, -0.25) is 14.6 Å². The number of nitriles is 1. The lowest BCUT2D eigenvalue weighted by Crippen LogP contribution is -2.50. The number of ether oxygens (including phenoxy) is 2. The number of morpholine rings is 1. The van der Waals surface area contributed by atoms with E-state index in [0.29, 0.717) is 42.6 Å². The molecule has 4 heterocycles. The van der Waals surface area contributed by atoms with Gasteiger partial charge in [0.15, 0.2) is 0 Å². The largest absolute Gasteiger partial charge is 0.422 e. The number of rotatable bonds is 3. The maximum atomic E-state index is 14.5. The summed E-state index contributed by atoms with van der Waals surface area (Å²) in [6.07, 6.45) is 0. The molecule has 1 aromatic heterocycles. The second-order valence-electron chi connectivity index (χ2n) is 8.84. The van der Waals surface area contributed by atoms with Crippen LogP contribution in [0.4, 0.5) is 5.69 Å². The highest BCUT2D eigenvalue weighted by Crippen LogP contribution is 2.56. The quantitative estimate of drug-likeness (QED) is 0.627. The van der Waals surface area contributed by atoms with Crippen molar-refractivity contribution in [3.63, 3.8) is 0 Å². The third kappa shape index (κ3) is 2.94. The number of aromatic nitrogens is 2. The van der Waals surface area contributed by atoms with Crippen molar-refractivity contribution < 1.29 is 14.3 Å². The van der Waals surface area contributed by atoms with E-state index in [9.17, 15) is 10.1 Å². The minimum Gasteiger partial charge on any atom is -0.422 e. The molecule has 1 amide bonds. The van der Waals surface area contributed by atoms with Gasteiger partial charge in [-0.1, -0.05) is 36.4 Å². The Hall–Kier alpha value is -4.13. The van der Waals surface area contributed by atoms with Gasteiger partial charge in [0.2, 0.25) is 17.7 Å². The average molecular weight is 469 g/mol. The summed E-state index contributed by atoms with van der Waals surface area (Å²) in [5, 5.41) is 15.0. The van der Waals surface area contributed by atoms with Gasteiger partial charge in [-0.05, 0) is 25.1 Å². The van der Waals surface area contributed by atoms with Crippen molar-refractivity contribution in [1.29, 1.82) is 5.26 Å². The first-order valence-corrected chi connectivity index (χ1v) is 11.5. The molecule has 0 aliphatic carbocycles. The van der Waals surface area contributed by atoms with Gasteiger partial charge in [-0.15, -0.1) is 0 Å². The fourth-order valence-corrected chi connectivity index (χ4v) is 5.40. The van der Waals surface area contributed by atoms with Crippen LogP contribution >= 0.6 is 0 Å². The van der Waals surface area contributed by atoms with Crippen LogP contribution in [-0.2, 0) is 14.9 Å². The van der Waals surface area contributed by atoms with Gasteiger partial charge < -0.3 is 15.2 Å². The molecule has 3 aliphatic heterocycles. The van der Waals surface area contributed by atoms with Crippen LogP contribution in [0, 0.1) is 18.3 Å². The molecule has 1 fully saturated rings.